The van der Waals surface area contributed by atoms with Crippen LogP contribution in [-0.2, 0) is 6.54 Å². The summed E-state index contributed by atoms with van der Waals surface area (Å²) in [7, 11) is 0. The molecule has 0 spiro atoms. The molecule has 2 aromatic carbocycles. The van der Waals surface area contributed by atoms with Crippen LogP contribution in [0.1, 0.15) is 81.0 Å². The second-order valence-electron chi connectivity index (χ2n) is 11.4. The number of amides is 1. The summed E-state index contributed by atoms with van der Waals surface area (Å²) in [4.78, 5) is 26.1. The molecule has 0 radical (unpaired) electrons. The van der Waals surface area contributed by atoms with Crippen molar-refractivity contribution < 1.29 is 4.79 Å². The van der Waals surface area contributed by atoms with Gasteiger partial charge in [-0.3, -0.25) is 14.6 Å². The van der Waals surface area contributed by atoms with Crippen molar-refractivity contribution in [1.29, 1.82) is 0 Å². The molecule has 1 aromatic heterocycles. The lowest BCUT2D eigenvalue weighted by Crippen LogP contribution is -2.45. The summed E-state index contributed by atoms with van der Waals surface area (Å²) >= 11 is 0. The number of aromatic nitrogens is 2. The summed E-state index contributed by atoms with van der Waals surface area (Å²) in [6.45, 7) is 13.4. The van der Waals surface area contributed by atoms with Crippen LogP contribution in [0.2, 0.25) is 0 Å². The first-order valence-electron chi connectivity index (χ1n) is 13.2. The molecule has 0 aliphatic carbocycles. The molecule has 0 saturated carbocycles. The molecule has 1 amide bonds. The molecule has 6 nitrogen and oxygen atoms in total. The lowest BCUT2D eigenvalue weighted by Gasteiger charge is -2.41. The predicted octanol–water partition coefficient (Wildman–Crippen LogP) is 5.78. The highest BCUT2D eigenvalue weighted by Gasteiger charge is 2.27. The molecule has 186 valence electrons. The van der Waals surface area contributed by atoms with Gasteiger partial charge in [0.15, 0.2) is 0 Å². The summed E-state index contributed by atoms with van der Waals surface area (Å²) in [5.41, 5.74) is 4.95. The minimum atomic E-state index is -0.0796. The lowest BCUT2D eigenvalue weighted by atomic mass is 9.87. The molecule has 2 fully saturated rings. The van der Waals surface area contributed by atoms with Gasteiger partial charge < -0.3 is 10.3 Å². The number of benzene rings is 2. The number of hydrogen-bond donors (Lipinski definition) is 2. The van der Waals surface area contributed by atoms with Gasteiger partial charge in [0.1, 0.15) is 5.82 Å². The molecule has 2 aliphatic heterocycles. The van der Waals surface area contributed by atoms with Crippen LogP contribution >= 0.6 is 0 Å². The number of likely N-dealkylation sites (tertiary alicyclic amines) is 2. The second-order valence-corrected chi connectivity index (χ2v) is 11.4. The monoisotopic (exact) mass is 473 g/mol. The molecule has 6 heteroatoms. The highest BCUT2D eigenvalue weighted by molar-refractivity contribution is 6.05. The topological polar surface area (TPSA) is 64.3 Å². The third-order valence-electron chi connectivity index (χ3n) is 7.92. The van der Waals surface area contributed by atoms with E-state index in [4.69, 9.17) is 4.98 Å². The Kier molecular flexibility index (Phi) is 6.69. The van der Waals surface area contributed by atoms with Crippen LogP contribution in [0.15, 0.2) is 42.5 Å². The van der Waals surface area contributed by atoms with E-state index in [-0.39, 0.29) is 11.4 Å². The molecule has 1 atom stereocenters. The highest BCUT2D eigenvalue weighted by Crippen LogP contribution is 2.31. The van der Waals surface area contributed by atoms with Gasteiger partial charge in [-0.15, -0.1) is 0 Å². The minimum Gasteiger partial charge on any atom is -0.341 e. The molecule has 3 heterocycles. The van der Waals surface area contributed by atoms with Crippen LogP contribution in [0.4, 0.5) is 5.69 Å². The largest absolute Gasteiger partial charge is 0.341 e. The number of anilines is 1. The van der Waals surface area contributed by atoms with Gasteiger partial charge >= 0.3 is 0 Å². The van der Waals surface area contributed by atoms with Crippen molar-refractivity contribution in [2.75, 3.05) is 25.0 Å². The molecule has 2 saturated heterocycles. The molecule has 5 rings (SSSR count). The quantitative estimate of drug-likeness (QED) is 0.493. The van der Waals surface area contributed by atoms with Gasteiger partial charge in [0.05, 0.1) is 17.6 Å². The van der Waals surface area contributed by atoms with Crippen LogP contribution in [0.3, 0.4) is 0 Å². The average Bonchev–Trinajstić information content (AvgIpc) is 3.43. The Morgan fingerprint density at radius 1 is 1.06 bits per heavy atom. The first-order chi connectivity index (χ1) is 16.8. The van der Waals surface area contributed by atoms with Crippen LogP contribution in [0, 0.1) is 0 Å². The van der Waals surface area contributed by atoms with E-state index in [0.29, 0.717) is 17.5 Å². The fraction of sp³-hybridized carbons (Fsp3) is 0.517. The van der Waals surface area contributed by atoms with Crippen molar-refractivity contribution in [3.05, 3.63) is 59.4 Å². The predicted molar refractivity (Wildman–Crippen MR) is 143 cm³/mol. The maximum absolute atomic E-state index is 12.9. The summed E-state index contributed by atoms with van der Waals surface area (Å²) in [6.07, 6.45) is 4.86. The van der Waals surface area contributed by atoms with E-state index in [1.54, 1.807) is 0 Å². The lowest BCUT2D eigenvalue weighted by molar-refractivity contribution is 0.101. The van der Waals surface area contributed by atoms with Crippen molar-refractivity contribution >= 4 is 22.6 Å². The molecule has 2 N–H and O–H groups in total. The SMILES string of the molecule is C[C@H]1CCCN1Cc1nc2ccc(NC(=O)c3ccc(C4CCN(C(C)(C)C)CC4)cc3)cc2[nH]1. The number of hydrogen-bond acceptors (Lipinski definition) is 4. The van der Waals surface area contributed by atoms with E-state index >= 15 is 0 Å². The molecule has 3 aromatic rings. The van der Waals surface area contributed by atoms with Gasteiger partial charge in [-0.05, 0) is 115 Å². The Balaban J connectivity index is 1.20. The maximum Gasteiger partial charge on any atom is 0.255 e. The summed E-state index contributed by atoms with van der Waals surface area (Å²) in [5.74, 6) is 1.48. The fourth-order valence-electron chi connectivity index (χ4n) is 5.63. The normalized spacial score (nSPS) is 20.5. The molecule has 35 heavy (non-hydrogen) atoms. The fourth-order valence-corrected chi connectivity index (χ4v) is 5.63. The van der Waals surface area contributed by atoms with Crippen LogP contribution in [0.5, 0.6) is 0 Å². The van der Waals surface area contributed by atoms with Crippen molar-refractivity contribution in [3.63, 3.8) is 0 Å². The van der Waals surface area contributed by atoms with Crippen LogP contribution in [-0.4, -0.2) is 56.9 Å². The average molecular weight is 474 g/mol. The van der Waals surface area contributed by atoms with E-state index in [2.05, 4.69) is 59.9 Å². The Morgan fingerprint density at radius 3 is 2.46 bits per heavy atom. The molecular weight excluding hydrogens is 434 g/mol. The van der Waals surface area contributed by atoms with Crippen LogP contribution in [0.25, 0.3) is 11.0 Å². The summed E-state index contributed by atoms with van der Waals surface area (Å²) < 4.78 is 0. The number of fused-ring (bicyclic) bond motifs is 1. The number of carbonyl (C=O) groups excluding carboxylic acids is 1. The van der Waals surface area contributed by atoms with E-state index in [1.807, 2.05) is 30.3 Å². The standard InChI is InChI=1S/C29H39N5O/c1-20-6-5-15-33(20)19-27-31-25-12-11-24(18-26(25)32-27)30-28(35)23-9-7-21(8-10-23)22-13-16-34(17-14-22)29(2,3)4/h7-12,18,20,22H,5-6,13-17,19H2,1-4H3,(H,30,35)(H,31,32)/t20-/m0/s1. The Morgan fingerprint density at radius 2 is 1.80 bits per heavy atom. The Bertz CT molecular complexity index is 1170. The Labute approximate surface area is 209 Å². The first kappa shape index (κ1) is 24.0. The molecular formula is C29H39N5O. The van der Waals surface area contributed by atoms with Gasteiger partial charge in [0.2, 0.25) is 0 Å². The smallest absolute Gasteiger partial charge is 0.255 e. The zero-order valence-electron chi connectivity index (χ0n) is 21.6. The highest BCUT2D eigenvalue weighted by atomic mass is 16.1. The zero-order valence-corrected chi connectivity index (χ0v) is 21.6. The molecule has 2 aliphatic rings. The van der Waals surface area contributed by atoms with E-state index in [1.165, 1.54) is 31.2 Å². The zero-order chi connectivity index (χ0) is 24.6. The number of nitrogens with zero attached hydrogens (tertiary/aromatic N) is 3. The van der Waals surface area contributed by atoms with E-state index in [9.17, 15) is 4.79 Å². The Hall–Kier alpha value is -2.70. The number of rotatable bonds is 5. The van der Waals surface area contributed by atoms with E-state index < -0.39 is 0 Å². The van der Waals surface area contributed by atoms with Crippen LogP contribution < -0.4 is 5.32 Å². The molecule has 0 bridgehead atoms. The molecule has 0 unspecified atom stereocenters. The summed E-state index contributed by atoms with van der Waals surface area (Å²) in [6, 6.07) is 14.7. The number of aromatic amines is 1. The minimum absolute atomic E-state index is 0.0796. The number of piperidine rings is 1. The number of carbonyl (C=O) groups is 1. The van der Waals surface area contributed by atoms with Crippen molar-refractivity contribution in [2.45, 2.75) is 77.4 Å². The second kappa shape index (κ2) is 9.75. The van der Waals surface area contributed by atoms with E-state index in [0.717, 1.165) is 48.7 Å². The van der Waals surface area contributed by atoms with Gasteiger partial charge in [0.25, 0.3) is 5.91 Å². The van der Waals surface area contributed by atoms with Crippen molar-refractivity contribution in [3.8, 4) is 0 Å². The number of nitrogens with one attached hydrogen (secondary N) is 2. The number of imidazole rings is 1. The van der Waals surface area contributed by atoms with Crippen molar-refractivity contribution in [2.24, 2.45) is 0 Å². The third-order valence-corrected chi connectivity index (χ3v) is 7.92. The third kappa shape index (κ3) is 5.44. The van der Waals surface area contributed by atoms with Crippen molar-refractivity contribution in [1.82, 2.24) is 19.8 Å². The van der Waals surface area contributed by atoms with Gasteiger partial charge in [-0.2, -0.15) is 0 Å². The van der Waals surface area contributed by atoms with Gasteiger partial charge in [0, 0.05) is 22.8 Å². The maximum atomic E-state index is 12.9. The number of H-pyrrole nitrogens is 1. The summed E-state index contributed by atoms with van der Waals surface area (Å²) in [5, 5.41) is 3.06. The first-order valence-corrected chi connectivity index (χ1v) is 13.2. The van der Waals surface area contributed by atoms with Gasteiger partial charge in [-0.25, -0.2) is 4.98 Å². The van der Waals surface area contributed by atoms with Gasteiger partial charge in [-0.1, -0.05) is 12.1 Å².